The maximum atomic E-state index is 15.2. The molecule has 3 rings (SSSR count). The van der Waals surface area contributed by atoms with E-state index in [4.69, 9.17) is 14.6 Å². The number of hydrogen-bond acceptors (Lipinski definition) is 6. The monoisotopic (exact) mass is 562 g/mol. The molecule has 7 nitrogen and oxygen atoms in total. The van der Waals surface area contributed by atoms with Crippen LogP contribution in [0.15, 0.2) is 41.3 Å². The summed E-state index contributed by atoms with van der Waals surface area (Å²) in [5, 5.41) is 13.1. The number of carbonyl (C=O) groups is 2. The van der Waals surface area contributed by atoms with Crippen molar-refractivity contribution in [3.8, 4) is 11.3 Å². The molecule has 39 heavy (non-hydrogen) atoms. The van der Waals surface area contributed by atoms with Gasteiger partial charge in [-0.05, 0) is 62.9 Å². The molecule has 0 aliphatic carbocycles. The van der Waals surface area contributed by atoms with Gasteiger partial charge in [0, 0.05) is 48.0 Å². The van der Waals surface area contributed by atoms with E-state index in [-0.39, 0.29) is 27.9 Å². The van der Waals surface area contributed by atoms with Crippen LogP contribution >= 0.6 is 11.3 Å². The first-order valence-electron chi connectivity index (χ1n) is 12.2. The summed E-state index contributed by atoms with van der Waals surface area (Å²) in [6.45, 7) is 4.21. The number of amides is 1. The number of nitrogens with one attached hydrogen (secondary N) is 1. The highest BCUT2D eigenvalue weighted by molar-refractivity contribution is 7.14. The van der Waals surface area contributed by atoms with Crippen molar-refractivity contribution in [2.24, 2.45) is 0 Å². The second-order valence-corrected chi connectivity index (χ2v) is 9.67. The number of aromatic nitrogens is 1. The third-order valence-corrected chi connectivity index (χ3v) is 6.68. The minimum Gasteiger partial charge on any atom is -0.478 e. The Bertz CT molecular complexity index is 1340. The Balaban J connectivity index is 1.65. The highest BCUT2D eigenvalue weighted by atomic mass is 32.1. The number of anilines is 1. The van der Waals surface area contributed by atoms with Crippen LogP contribution in [0, 0.1) is 17.5 Å². The molecule has 0 aliphatic rings. The molecule has 0 spiro atoms. The van der Waals surface area contributed by atoms with Gasteiger partial charge in [-0.1, -0.05) is 12.1 Å². The molecule has 1 amide bonds. The number of thiazole rings is 1. The quantitative estimate of drug-likeness (QED) is 0.186. The first-order valence-corrected chi connectivity index (χ1v) is 13.0. The van der Waals surface area contributed by atoms with Gasteiger partial charge in [0.2, 0.25) is 0 Å². The maximum absolute atomic E-state index is 15.2. The van der Waals surface area contributed by atoms with Crippen LogP contribution in [0.2, 0.25) is 0 Å². The lowest BCUT2D eigenvalue weighted by atomic mass is 10.0. The molecule has 2 aromatic carbocycles. The van der Waals surface area contributed by atoms with Crippen LogP contribution in [0.5, 0.6) is 0 Å². The van der Waals surface area contributed by atoms with E-state index in [1.165, 1.54) is 6.92 Å². The molecular weight excluding hydrogens is 533 g/mol. The first kappa shape index (κ1) is 30.0. The van der Waals surface area contributed by atoms with E-state index in [1.807, 2.05) is 6.92 Å². The molecule has 1 aromatic heterocycles. The van der Waals surface area contributed by atoms with Gasteiger partial charge in [-0.25, -0.2) is 22.9 Å². The van der Waals surface area contributed by atoms with Gasteiger partial charge in [0.05, 0.1) is 11.8 Å². The van der Waals surface area contributed by atoms with Crippen molar-refractivity contribution in [1.82, 2.24) is 4.98 Å². The highest BCUT2D eigenvalue weighted by Gasteiger charge is 2.18. The van der Waals surface area contributed by atoms with Crippen molar-refractivity contribution in [2.75, 3.05) is 25.6 Å². The molecule has 3 aromatic rings. The Morgan fingerprint density at radius 1 is 1.18 bits per heavy atom. The van der Waals surface area contributed by atoms with E-state index in [1.54, 1.807) is 30.7 Å². The number of halogens is 3. The second-order valence-electron chi connectivity index (χ2n) is 8.81. The van der Waals surface area contributed by atoms with E-state index in [0.717, 1.165) is 36.0 Å². The fourth-order valence-corrected chi connectivity index (χ4v) is 4.27. The van der Waals surface area contributed by atoms with Gasteiger partial charge in [0.25, 0.3) is 5.91 Å². The molecule has 0 saturated carbocycles. The molecule has 1 heterocycles. The molecule has 2 N–H and O–H groups in total. The summed E-state index contributed by atoms with van der Waals surface area (Å²) in [6.07, 6.45) is 2.86. The average molecular weight is 563 g/mol. The zero-order chi connectivity index (χ0) is 28.5. The third kappa shape index (κ3) is 8.22. The second kappa shape index (κ2) is 14.0. The fourth-order valence-electron chi connectivity index (χ4n) is 3.56. The zero-order valence-electron chi connectivity index (χ0n) is 21.7. The van der Waals surface area contributed by atoms with Crippen molar-refractivity contribution < 1.29 is 37.3 Å². The molecule has 0 saturated heterocycles. The van der Waals surface area contributed by atoms with Crippen LogP contribution < -0.4 is 5.32 Å². The van der Waals surface area contributed by atoms with Crippen molar-refractivity contribution in [2.45, 2.75) is 39.2 Å². The van der Waals surface area contributed by atoms with Crippen LogP contribution in [0.25, 0.3) is 17.3 Å². The summed E-state index contributed by atoms with van der Waals surface area (Å²) in [5.41, 5.74) is -0.0668. The molecule has 208 valence electrons. The Morgan fingerprint density at radius 3 is 2.56 bits per heavy atom. The molecular formula is C28H29F3N2O5S. The summed E-state index contributed by atoms with van der Waals surface area (Å²) in [4.78, 5) is 27.8. The van der Waals surface area contributed by atoms with Crippen molar-refractivity contribution in [3.63, 3.8) is 0 Å². The van der Waals surface area contributed by atoms with Crippen LogP contribution in [0.4, 0.5) is 18.3 Å². The minimum absolute atomic E-state index is 0.116. The number of carboxylic acid groups (broad SMARTS) is 1. The van der Waals surface area contributed by atoms with Gasteiger partial charge in [-0.15, -0.1) is 11.3 Å². The standard InChI is InChI=1S/C28H29F3N2O5S/c1-16(27(35)36)12-21-22(29)13-19(14-23(21)30)26(34)33-28-32-24(15-39-28)20-8-4-6-18(25(20)31)7-5-10-38-11-9-17(2)37-3/h4,6,8,12-15,17H,5,7,9-11H2,1-3H3,(H,35,36)(H,32,33,34)/b16-12+. The van der Waals surface area contributed by atoms with E-state index >= 15 is 4.39 Å². The van der Waals surface area contributed by atoms with Crippen LogP contribution in [-0.2, 0) is 20.7 Å². The number of carbonyl (C=O) groups excluding carboxylic acids is 1. The summed E-state index contributed by atoms with van der Waals surface area (Å²) < 4.78 is 54.8. The van der Waals surface area contributed by atoms with Gasteiger partial charge in [-0.3, -0.25) is 10.1 Å². The minimum atomic E-state index is -1.32. The Morgan fingerprint density at radius 2 is 1.90 bits per heavy atom. The summed E-state index contributed by atoms with van der Waals surface area (Å²) in [6, 6.07) is 6.61. The smallest absolute Gasteiger partial charge is 0.331 e. The number of nitrogens with zero attached hydrogens (tertiary/aromatic N) is 1. The van der Waals surface area contributed by atoms with Crippen LogP contribution in [0.1, 0.15) is 48.2 Å². The number of carboxylic acids is 1. The molecule has 1 atom stereocenters. The summed E-state index contributed by atoms with van der Waals surface area (Å²) in [5.74, 6) is -4.75. The molecule has 1 unspecified atom stereocenters. The number of hydrogen-bond donors (Lipinski definition) is 2. The van der Waals surface area contributed by atoms with E-state index < -0.39 is 34.9 Å². The molecule has 0 bridgehead atoms. The van der Waals surface area contributed by atoms with Crippen molar-refractivity contribution in [3.05, 3.63) is 75.4 Å². The summed E-state index contributed by atoms with van der Waals surface area (Å²) >= 11 is 1.03. The number of rotatable bonds is 13. The topological polar surface area (TPSA) is 97.8 Å². The Labute approximate surface area is 228 Å². The molecule has 11 heteroatoms. The lowest BCUT2D eigenvalue weighted by Crippen LogP contribution is -2.13. The third-order valence-electron chi connectivity index (χ3n) is 5.92. The predicted octanol–water partition coefficient (Wildman–Crippen LogP) is 6.34. The number of aliphatic carboxylic acids is 1. The van der Waals surface area contributed by atoms with Crippen molar-refractivity contribution >= 4 is 34.4 Å². The first-order chi connectivity index (χ1) is 18.6. The number of aryl methyl sites for hydroxylation is 1. The fraction of sp³-hybridized carbons (Fsp3) is 0.321. The van der Waals surface area contributed by atoms with Gasteiger partial charge < -0.3 is 14.6 Å². The zero-order valence-corrected chi connectivity index (χ0v) is 22.5. The number of methoxy groups -OCH3 is 1. The largest absolute Gasteiger partial charge is 0.478 e. The summed E-state index contributed by atoms with van der Waals surface area (Å²) in [7, 11) is 1.65. The van der Waals surface area contributed by atoms with E-state index in [0.29, 0.717) is 37.3 Å². The SMILES string of the molecule is COC(C)CCOCCCc1cccc(-c2csc(NC(=O)c3cc(F)c(/C=C(\C)C(=O)O)c(F)c3)n2)c1F. The number of benzene rings is 2. The molecule has 0 fully saturated rings. The van der Waals surface area contributed by atoms with E-state index in [2.05, 4.69) is 10.3 Å². The predicted molar refractivity (Wildman–Crippen MR) is 143 cm³/mol. The van der Waals surface area contributed by atoms with Crippen LogP contribution in [-0.4, -0.2) is 48.4 Å². The highest BCUT2D eigenvalue weighted by Crippen LogP contribution is 2.29. The molecule has 0 radical (unpaired) electrons. The maximum Gasteiger partial charge on any atom is 0.331 e. The average Bonchev–Trinajstić information content (AvgIpc) is 3.36. The van der Waals surface area contributed by atoms with Gasteiger partial charge in [0.1, 0.15) is 17.5 Å². The Hall–Kier alpha value is -3.54. The number of ether oxygens (including phenoxy) is 2. The molecule has 0 aliphatic heterocycles. The van der Waals surface area contributed by atoms with E-state index in [9.17, 15) is 18.4 Å². The lowest BCUT2D eigenvalue weighted by molar-refractivity contribution is -0.132. The Kier molecular flexibility index (Phi) is 10.8. The van der Waals surface area contributed by atoms with Crippen LogP contribution in [0.3, 0.4) is 0 Å². The van der Waals surface area contributed by atoms with Gasteiger partial charge in [0.15, 0.2) is 5.13 Å². The van der Waals surface area contributed by atoms with Gasteiger partial charge >= 0.3 is 5.97 Å². The van der Waals surface area contributed by atoms with Crippen molar-refractivity contribution in [1.29, 1.82) is 0 Å². The lowest BCUT2D eigenvalue weighted by Gasteiger charge is -2.10. The van der Waals surface area contributed by atoms with Gasteiger partial charge in [-0.2, -0.15) is 0 Å². The normalized spacial score (nSPS) is 12.4.